The Labute approximate surface area is 157 Å². The average Bonchev–Trinajstić information content (AvgIpc) is 2.62. The van der Waals surface area contributed by atoms with E-state index in [0.717, 1.165) is 31.4 Å². The first-order valence-corrected chi connectivity index (χ1v) is 10.00. The van der Waals surface area contributed by atoms with Gasteiger partial charge in [0, 0.05) is 11.6 Å². The molecule has 0 bridgehead atoms. The van der Waals surface area contributed by atoms with Gasteiger partial charge in [-0.1, -0.05) is 40.5 Å². The topological polar surface area (TPSA) is 55.4 Å². The van der Waals surface area contributed by atoms with Crippen LogP contribution in [0.2, 0.25) is 0 Å². The number of hydrogen-bond acceptors (Lipinski definition) is 3. The molecule has 1 aromatic carbocycles. The van der Waals surface area contributed by atoms with Gasteiger partial charge in [0.05, 0.1) is 12.2 Å². The predicted octanol–water partition coefficient (Wildman–Crippen LogP) is 5.29. The van der Waals surface area contributed by atoms with E-state index >= 15 is 0 Å². The normalized spacial score (nSPS) is 22.9. The Bertz CT molecular complexity index is 594. The Morgan fingerprint density at radius 1 is 1.19 bits per heavy atom. The predicted molar refractivity (Wildman–Crippen MR) is 105 cm³/mol. The second kappa shape index (κ2) is 9.75. The van der Waals surface area contributed by atoms with E-state index in [1.54, 1.807) is 24.3 Å². The number of esters is 1. The standard InChI is InChI=1S/C22H33NO3/c1-5-6-13-26-22(25)17-8-10-18(11-9-17)23-21(24)20-14-16(4)7-12-19(20)15(2)3/h8-11,15-16,19-20H,5-7,12-14H2,1-4H3,(H,23,24)/t16-,19+,20-/m1/s1. The molecule has 0 radical (unpaired) electrons. The van der Waals surface area contributed by atoms with Crippen molar-refractivity contribution in [2.75, 3.05) is 11.9 Å². The first-order chi connectivity index (χ1) is 12.4. The van der Waals surface area contributed by atoms with Crippen LogP contribution < -0.4 is 5.32 Å². The number of unbranched alkanes of at least 4 members (excludes halogenated alkanes) is 1. The van der Waals surface area contributed by atoms with Gasteiger partial charge >= 0.3 is 5.97 Å². The van der Waals surface area contributed by atoms with Crippen molar-refractivity contribution in [2.45, 2.75) is 59.8 Å². The maximum atomic E-state index is 12.8. The zero-order valence-electron chi connectivity index (χ0n) is 16.6. The van der Waals surface area contributed by atoms with Crippen molar-refractivity contribution >= 4 is 17.6 Å². The van der Waals surface area contributed by atoms with E-state index in [-0.39, 0.29) is 17.8 Å². The van der Waals surface area contributed by atoms with Gasteiger partial charge in [0.25, 0.3) is 0 Å². The highest BCUT2D eigenvalue weighted by molar-refractivity contribution is 5.94. The molecule has 4 nitrogen and oxygen atoms in total. The van der Waals surface area contributed by atoms with Gasteiger partial charge in [0.1, 0.15) is 0 Å². The molecule has 1 amide bonds. The highest BCUT2D eigenvalue weighted by Crippen LogP contribution is 2.38. The van der Waals surface area contributed by atoms with Crippen LogP contribution in [0.5, 0.6) is 0 Å². The lowest BCUT2D eigenvalue weighted by Crippen LogP contribution is -2.36. The van der Waals surface area contributed by atoms with Gasteiger partial charge < -0.3 is 10.1 Å². The molecule has 0 aliphatic heterocycles. The minimum atomic E-state index is -0.308. The van der Waals surface area contributed by atoms with Crippen LogP contribution in [0.15, 0.2) is 24.3 Å². The summed E-state index contributed by atoms with van der Waals surface area (Å²) in [5, 5.41) is 3.04. The number of benzene rings is 1. The molecule has 1 aliphatic rings. The summed E-state index contributed by atoms with van der Waals surface area (Å²) in [5.74, 6) is 1.42. The van der Waals surface area contributed by atoms with Gasteiger partial charge in [0.2, 0.25) is 5.91 Å². The van der Waals surface area contributed by atoms with Gasteiger partial charge in [-0.15, -0.1) is 0 Å². The molecule has 1 N–H and O–H groups in total. The molecule has 2 rings (SSSR count). The molecule has 0 spiro atoms. The molecule has 0 unspecified atom stereocenters. The molecule has 1 aromatic rings. The number of carbonyl (C=O) groups excluding carboxylic acids is 2. The Kier molecular flexibility index (Phi) is 7.67. The highest BCUT2D eigenvalue weighted by atomic mass is 16.5. The second-order valence-electron chi connectivity index (χ2n) is 7.99. The smallest absolute Gasteiger partial charge is 0.338 e. The number of rotatable bonds is 7. The average molecular weight is 360 g/mol. The van der Waals surface area contributed by atoms with E-state index in [4.69, 9.17) is 4.74 Å². The van der Waals surface area contributed by atoms with Crippen molar-refractivity contribution in [3.63, 3.8) is 0 Å². The summed E-state index contributed by atoms with van der Waals surface area (Å²) < 4.78 is 5.21. The Morgan fingerprint density at radius 2 is 1.88 bits per heavy atom. The molecule has 144 valence electrons. The van der Waals surface area contributed by atoms with Crippen molar-refractivity contribution in [3.05, 3.63) is 29.8 Å². The maximum absolute atomic E-state index is 12.8. The van der Waals surface area contributed by atoms with E-state index in [1.165, 1.54) is 6.42 Å². The number of carbonyl (C=O) groups is 2. The Morgan fingerprint density at radius 3 is 2.50 bits per heavy atom. The summed E-state index contributed by atoms with van der Waals surface area (Å²) >= 11 is 0. The van der Waals surface area contributed by atoms with E-state index in [0.29, 0.717) is 29.9 Å². The molecule has 4 heteroatoms. The fraction of sp³-hybridized carbons (Fsp3) is 0.636. The Hall–Kier alpha value is -1.84. The number of amides is 1. The molecule has 1 aliphatic carbocycles. The number of ether oxygens (including phenoxy) is 1. The lowest BCUT2D eigenvalue weighted by Gasteiger charge is -2.36. The SMILES string of the molecule is CCCCOC(=O)c1ccc(NC(=O)[C@@H]2C[C@H](C)CC[C@H]2C(C)C)cc1. The number of hydrogen-bond donors (Lipinski definition) is 1. The van der Waals surface area contributed by atoms with Crippen LogP contribution in [-0.2, 0) is 9.53 Å². The molecule has 3 atom stereocenters. The number of nitrogens with one attached hydrogen (secondary N) is 1. The molecular weight excluding hydrogens is 326 g/mol. The summed E-state index contributed by atoms with van der Waals surface area (Å²) in [5.41, 5.74) is 1.26. The number of anilines is 1. The zero-order chi connectivity index (χ0) is 19.1. The maximum Gasteiger partial charge on any atom is 0.338 e. The quantitative estimate of drug-likeness (QED) is 0.531. The van der Waals surface area contributed by atoms with Gasteiger partial charge in [-0.3, -0.25) is 4.79 Å². The van der Waals surface area contributed by atoms with E-state index in [2.05, 4.69) is 33.0 Å². The van der Waals surface area contributed by atoms with Gasteiger partial charge in [0.15, 0.2) is 0 Å². The van der Waals surface area contributed by atoms with Crippen LogP contribution in [0.1, 0.15) is 70.2 Å². The largest absolute Gasteiger partial charge is 0.462 e. The first kappa shape index (κ1) is 20.5. The van der Waals surface area contributed by atoms with Gasteiger partial charge in [-0.2, -0.15) is 0 Å². The summed E-state index contributed by atoms with van der Waals surface area (Å²) in [4.78, 5) is 24.8. The molecule has 26 heavy (non-hydrogen) atoms. The van der Waals surface area contributed by atoms with Crippen LogP contribution in [0.4, 0.5) is 5.69 Å². The fourth-order valence-corrected chi connectivity index (χ4v) is 3.82. The summed E-state index contributed by atoms with van der Waals surface area (Å²) in [7, 11) is 0. The van der Waals surface area contributed by atoms with Crippen LogP contribution >= 0.6 is 0 Å². The van der Waals surface area contributed by atoms with Crippen LogP contribution in [0.3, 0.4) is 0 Å². The molecule has 0 aromatic heterocycles. The van der Waals surface area contributed by atoms with E-state index in [1.807, 2.05) is 0 Å². The van der Waals surface area contributed by atoms with Gasteiger partial charge in [-0.05, 0) is 61.3 Å². The minimum Gasteiger partial charge on any atom is -0.462 e. The van der Waals surface area contributed by atoms with Crippen LogP contribution in [0.25, 0.3) is 0 Å². The summed E-state index contributed by atoms with van der Waals surface area (Å²) in [6.45, 7) is 9.15. The zero-order valence-corrected chi connectivity index (χ0v) is 16.6. The molecule has 1 fully saturated rings. The summed E-state index contributed by atoms with van der Waals surface area (Å²) in [6, 6.07) is 7.00. The molecule has 1 saturated carbocycles. The van der Waals surface area contributed by atoms with Crippen molar-refractivity contribution < 1.29 is 14.3 Å². The highest BCUT2D eigenvalue weighted by Gasteiger charge is 2.35. The van der Waals surface area contributed by atoms with Crippen molar-refractivity contribution in [1.82, 2.24) is 0 Å². The summed E-state index contributed by atoms with van der Waals surface area (Å²) in [6.07, 6.45) is 5.16. The van der Waals surface area contributed by atoms with Crippen LogP contribution in [-0.4, -0.2) is 18.5 Å². The lowest BCUT2D eigenvalue weighted by molar-refractivity contribution is -0.123. The van der Waals surface area contributed by atoms with Gasteiger partial charge in [-0.25, -0.2) is 4.79 Å². The van der Waals surface area contributed by atoms with E-state index in [9.17, 15) is 9.59 Å². The Balaban J connectivity index is 1.96. The van der Waals surface area contributed by atoms with Crippen molar-refractivity contribution in [2.24, 2.45) is 23.7 Å². The van der Waals surface area contributed by atoms with Crippen molar-refractivity contribution in [3.8, 4) is 0 Å². The second-order valence-corrected chi connectivity index (χ2v) is 7.99. The molecular formula is C22H33NO3. The third-order valence-electron chi connectivity index (χ3n) is 5.48. The molecule has 0 saturated heterocycles. The van der Waals surface area contributed by atoms with Crippen LogP contribution in [0, 0.1) is 23.7 Å². The van der Waals surface area contributed by atoms with Crippen molar-refractivity contribution in [1.29, 1.82) is 0 Å². The third kappa shape index (κ3) is 5.58. The first-order valence-electron chi connectivity index (χ1n) is 10.00. The third-order valence-corrected chi connectivity index (χ3v) is 5.48. The monoisotopic (exact) mass is 359 g/mol. The minimum absolute atomic E-state index is 0.0671. The lowest BCUT2D eigenvalue weighted by atomic mass is 9.70. The fourth-order valence-electron chi connectivity index (χ4n) is 3.82. The molecule has 0 heterocycles. The van der Waals surface area contributed by atoms with E-state index < -0.39 is 0 Å².